The number of benzene rings is 1. The maximum atomic E-state index is 13.2. The van der Waals surface area contributed by atoms with E-state index in [1.807, 2.05) is 40.7 Å². The Labute approximate surface area is 157 Å². The van der Waals surface area contributed by atoms with Gasteiger partial charge in [-0.25, -0.2) is 9.37 Å². The zero-order valence-electron chi connectivity index (χ0n) is 15.2. The van der Waals surface area contributed by atoms with Crippen LogP contribution in [0.25, 0.3) is 11.3 Å². The lowest BCUT2D eigenvalue weighted by atomic mass is 9.90. The number of rotatable bonds is 5. The second-order valence-corrected chi connectivity index (χ2v) is 9.59. The van der Waals surface area contributed by atoms with E-state index in [4.69, 9.17) is 11.6 Å². The molecule has 1 N–H and O–H groups in total. The summed E-state index contributed by atoms with van der Waals surface area (Å²) >= 11 is 5.00. The fraction of sp³-hybridized carbons (Fsp3) is 0.421. The molecule has 2 aromatic rings. The van der Waals surface area contributed by atoms with Gasteiger partial charge in [-0.1, -0.05) is 18.5 Å². The minimum Gasteiger partial charge on any atom is -0.598 e. The lowest BCUT2D eigenvalue weighted by Gasteiger charge is -2.34. The number of hydrogen-bond acceptors (Lipinski definition) is 3. The lowest BCUT2D eigenvalue weighted by Crippen LogP contribution is -2.49. The molecule has 0 bridgehead atoms. The Kier molecular flexibility index (Phi) is 6.15. The van der Waals surface area contributed by atoms with Crippen LogP contribution >= 0.6 is 11.6 Å². The fourth-order valence-corrected chi connectivity index (χ4v) is 3.46. The summed E-state index contributed by atoms with van der Waals surface area (Å²) in [5.74, 6) is -0.299. The fourth-order valence-electron chi connectivity index (χ4n) is 2.28. The minimum absolute atomic E-state index is 0.299. The lowest BCUT2D eigenvalue weighted by molar-refractivity contribution is 0.408. The number of aromatic nitrogens is 1. The summed E-state index contributed by atoms with van der Waals surface area (Å²) in [7, 11) is 0. The van der Waals surface area contributed by atoms with Gasteiger partial charge in [0.25, 0.3) is 0 Å². The molecule has 3 nitrogen and oxygen atoms in total. The van der Waals surface area contributed by atoms with Crippen LogP contribution in [0.4, 0.5) is 4.39 Å². The Balaban J connectivity index is 2.44. The number of nitrogens with zero attached hydrogens (tertiary/aromatic N) is 1. The van der Waals surface area contributed by atoms with Crippen molar-refractivity contribution in [3.05, 3.63) is 52.9 Å². The molecule has 0 radical (unpaired) electrons. The zero-order valence-corrected chi connectivity index (χ0v) is 16.8. The van der Waals surface area contributed by atoms with Gasteiger partial charge in [0.1, 0.15) is 15.7 Å². The van der Waals surface area contributed by atoms with E-state index in [1.54, 1.807) is 18.2 Å². The summed E-state index contributed by atoms with van der Waals surface area (Å²) in [4.78, 5) is 4.35. The van der Waals surface area contributed by atoms with Crippen LogP contribution in [0.2, 0.25) is 5.15 Å². The standard InChI is InChI=1S/C19H24ClFN2OS/c1-6-19(5,23-25(24)18(2,3)4)14-11-16(22-17(20)12-14)13-7-9-15(21)10-8-13/h7-12,23H,6H2,1-5H3/t19?,25-/m0/s1. The van der Waals surface area contributed by atoms with E-state index in [0.29, 0.717) is 10.8 Å². The summed E-state index contributed by atoms with van der Waals surface area (Å²) in [5.41, 5.74) is 1.80. The maximum Gasteiger partial charge on any atom is 0.136 e. The van der Waals surface area contributed by atoms with Crippen molar-refractivity contribution in [2.75, 3.05) is 0 Å². The van der Waals surface area contributed by atoms with Crippen LogP contribution in [0.3, 0.4) is 0 Å². The highest BCUT2D eigenvalue weighted by molar-refractivity contribution is 7.90. The highest BCUT2D eigenvalue weighted by Gasteiger charge is 2.36. The first-order valence-electron chi connectivity index (χ1n) is 8.19. The van der Waals surface area contributed by atoms with Crippen molar-refractivity contribution < 1.29 is 8.94 Å². The second-order valence-electron chi connectivity index (χ2n) is 7.24. The molecule has 0 aliphatic rings. The van der Waals surface area contributed by atoms with Gasteiger partial charge in [-0.15, -0.1) is 4.72 Å². The van der Waals surface area contributed by atoms with E-state index >= 15 is 0 Å². The van der Waals surface area contributed by atoms with Crippen molar-refractivity contribution in [3.8, 4) is 11.3 Å². The third-order valence-electron chi connectivity index (χ3n) is 4.15. The molecule has 1 unspecified atom stereocenters. The SMILES string of the molecule is CCC(C)(N[S@@+]([O-])C(C)(C)C)c1cc(Cl)nc(-c2ccc(F)cc2)c1. The third-order valence-corrected chi connectivity index (χ3v) is 6.09. The summed E-state index contributed by atoms with van der Waals surface area (Å²) in [6, 6.07) is 9.82. The summed E-state index contributed by atoms with van der Waals surface area (Å²) in [6.07, 6.45) is 0.720. The largest absolute Gasteiger partial charge is 0.598 e. The topological polar surface area (TPSA) is 48.0 Å². The number of hydrogen-bond donors (Lipinski definition) is 1. The Morgan fingerprint density at radius 3 is 2.28 bits per heavy atom. The molecule has 136 valence electrons. The van der Waals surface area contributed by atoms with E-state index in [2.05, 4.69) is 9.71 Å². The average molecular weight is 383 g/mol. The van der Waals surface area contributed by atoms with Crippen LogP contribution in [0.15, 0.2) is 36.4 Å². The highest BCUT2D eigenvalue weighted by atomic mass is 35.5. The normalized spacial score (nSPS) is 15.7. The molecule has 0 saturated heterocycles. The zero-order chi connectivity index (χ0) is 18.8. The van der Waals surface area contributed by atoms with Crippen molar-refractivity contribution in [2.24, 2.45) is 0 Å². The van der Waals surface area contributed by atoms with Gasteiger partial charge in [-0.05, 0) is 76.1 Å². The van der Waals surface area contributed by atoms with E-state index < -0.39 is 16.9 Å². The Hall–Kier alpha value is -1.14. The van der Waals surface area contributed by atoms with Gasteiger partial charge in [0, 0.05) is 16.9 Å². The van der Waals surface area contributed by atoms with Crippen molar-refractivity contribution in [1.82, 2.24) is 9.71 Å². The van der Waals surface area contributed by atoms with Crippen LogP contribution in [0.1, 0.15) is 46.6 Å². The van der Waals surface area contributed by atoms with Crippen LogP contribution in [-0.4, -0.2) is 14.3 Å². The van der Waals surface area contributed by atoms with Gasteiger partial charge in [-0.3, -0.25) is 0 Å². The maximum absolute atomic E-state index is 13.2. The highest BCUT2D eigenvalue weighted by Crippen LogP contribution is 2.32. The molecule has 2 rings (SSSR count). The van der Waals surface area contributed by atoms with Crippen LogP contribution < -0.4 is 4.72 Å². The Morgan fingerprint density at radius 1 is 1.16 bits per heavy atom. The predicted octanol–water partition coefficient (Wildman–Crippen LogP) is 5.22. The number of pyridine rings is 1. The molecule has 0 aliphatic heterocycles. The van der Waals surface area contributed by atoms with Crippen LogP contribution in [0.5, 0.6) is 0 Å². The van der Waals surface area contributed by atoms with Gasteiger partial charge in [0.15, 0.2) is 0 Å². The van der Waals surface area contributed by atoms with Crippen molar-refractivity contribution in [3.63, 3.8) is 0 Å². The monoisotopic (exact) mass is 382 g/mol. The van der Waals surface area contributed by atoms with Gasteiger partial charge in [0.05, 0.1) is 11.2 Å². The molecule has 0 aliphatic carbocycles. The predicted molar refractivity (Wildman–Crippen MR) is 103 cm³/mol. The summed E-state index contributed by atoms with van der Waals surface area (Å²) in [5, 5.41) is 0.347. The van der Waals surface area contributed by atoms with E-state index in [-0.39, 0.29) is 10.6 Å². The van der Waals surface area contributed by atoms with Crippen LogP contribution in [-0.2, 0) is 16.9 Å². The van der Waals surface area contributed by atoms with Crippen LogP contribution in [0, 0.1) is 5.82 Å². The van der Waals surface area contributed by atoms with Crippen molar-refractivity contribution >= 4 is 23.0 Å². The van der Waals surface area contributed by atoms with E-state index in [1.165, 1.54) is 12.1 Å². The van der Waals surface area contributed by atoms with E-state index in [9.17, 15) is 8.94 Å². The smallest absolute Gasteiger partial charge is 0.136 e. The number of halogens is 2. The molecule has 0 saturated carbocycles. The quantitative estimate of drug-likeness (QED) is 0.569. The summed E-state index contributed by atoms with van der Waals surface area (Å²) in [6.45, 7) is 9.80. The van der Waals surface area contributed by atoms with Gasteiger partial charge >= 0.3 is 0 Å². The molecule has 25 heavy (non-hydrogen) atoms. The molecule has 0 fully saturated rings. The van der Waals surface area contributed by atoms with Gasteiger partial charge < -0.3 is 4.55 Å². The van der Waals surface area contributed by atoms with Gasteiger partial charge in [0.2, 0.25) is 0 Å². The molecular formula is C19H24ClFN2OS. The van der Waals surface area contributed by atoms with Crippen molar-refractivity contribution in [1.29, 1.82) is 0 Å². The number of nitrogens with one attached hydrogen (secondary N) is 1. The molecule has 6 heteroatoms. The molecule has 1 aromatic carbocycles. The summed E-state index contributed by atoms with van der Waals surface area (Å²) < 4.78 is 28.6. The first-order chi connectivity index (χ1) is 11.5. The first kappa shape index (κ1) is 20.2. The average Bonchev–Trinajstić information content (AvgIpc) is 2.53. The Bertz CT molecular complexity index is 733. The first-order valence-corrected chi connectivity index (χ1v) is 9.71. The second kappa shape index (κ2) is 7.62. The molecule has 0 spiro atoms. The Morgan fingerprint density at radius 2 is 1.76 bits per heavy atom. The van der Waals surface area contributed by atoms with Gasteiger partial charge in [-0.2, -0.15) is 0 Å². The van der Waals surface area contributed by atoms with Crippen molar-refractivity contribution in [2.45, 2.75) is 51.3 Å². The molecule has 1 aromatic heterocycles. The molecule has 0 amide bonds. The minimum atomic E-state index is -1.23. The molecule has 1 heterocycles. The molecule has 2 atom stereocenters. The molecular weight excluding hydrogens is 359 g/mol. The van der Waals surface area contributed by atoms with E-state index in [0.717, 1.165) is 17.5 Å². The third kappa shape index (κ3) is 4.94.